The van der Waals surface area contributed by atoms with Gasteiger partial charge in [0, 0.05) is 18.7 Å². The molecule has 124 valence electrons. The Balaban J connectivity index is 1.50. The number of aromatic nitrogens is 1. The molecule has 1 aliphatic rings. The molecule has 7 nitrogen and oxygen atoms in total. The summed E-state index contributed by atoms with van der Waals surface area (Å²) in [5.74, 6) is -0.858. The van der Waals surface area contributed by atoms with Crippen LogP contribution in [0, 0.1) is 6.92 Å². The molecule has 0 saturated carbocycles. The van der Waals surface area contributed by atoms with Gasteiger partial charge in [0.05, 0.1) is 11.1 Å². The largest absolute Gasteiger partial charge is 0.441 e. The van der Waals surface area contributed by atoms with Gasteiger partial charge in [0.1, 0.15) is 12.1 Å². The Morgan fingerprint density at radius 3 is 2.48 bits per heavy atom. The molecule has 25 heavy (non-hydrogen) atoms. The molecule has 0 atom stereocenters. The number of nitrogens with zero attached hydrogens (tertiary/aromatic N) is 2. The molecule has 0 bridgehead atoms. The van der Waals surface area contributed by atoms with Crippen molar-refractivity contribution in [3.63, 3.8) is 0 Å². The number of imide groups is 1. The van der Waals surface area contributed by atoms with E-state index in [0.717, 1.165) is 4.90 Å². The van der Waals surface area contributed by atoms with E-state index in [1.165, 1.54) is 0 Å². The molecule has 0 aliphatic carbocycles. The number of benzene rings is 2. The molecule has 0 fully saturated rings. The zero-order valence-corrected chi connectivity index (χ0v) is 13.3. The molecule has 2 aromatic carbocycles. The number of nitrogens with one attached hydrogen (secondary N) is 1. The summed E-state index contributed by atoms with van der Waals surface area (Å²) >= 11 is 0. The molecule has 0 saturated heterocycles. The van der Waals surface area contributed by atoms with Crippen molar-refractivity contribution in [2.45, 2.75) is 6.92 Å². The minimum Gasteiger partial charge on any atom is -0.441 e. The van der Waals surface area contributed by atoms with Crippen LogP contribution in [0.15, 0.2) is 46.9 Å². The first-order valence-corrected chi connectivity index (χ1v) is 7.65. The number of oxazole rings is 1. The molecule has 7 heteroatoms. The Morgan fingerprint density at radius 2 is 1.80 bits per heavy atom. The Kier molecular flexibility index (Phi) is 3.35. The average molecular weight is 335 g/mol. The molecule has 3 amide bonds. The highest BCUT2D eigenvalue weighted by Gasteiger charge is 2.36. The second-order valence-electron chi connectivity index (χ2n) is 5.71. The van der Waals surface area contributed by atoms with E-state index in [1.807, 2.05) is 0 Å². The first kappa shape index (κ1) is 15.1. The summed E-state index contributed by atoms with van der Waals surface area (Å²) in [6, 6.07) is 11.6. The molecule has 2 heterocycles. The van der Waals surface area contributed by atoms with Crippen LogP contribution in [0.1, 0.15) is 26.6 Å². The third-order valence-electron chi connectivity index (χ3n) is 3.96. The fourth-order valence-electron chi connectivity index (χ4n) is 2.84. The van der Waals surface area contributed by atoms with E-state index in [9.17, 15) is 14.4 Å². The van der Waals surface area contributed by atoms with Crippen molar-refractivity contribution in [2.75, 3.05) is 11.9 Å². The van der Waals surface area contributed by atoms with Gasteiger partial charge < -0.3 is 9.73 Å². The summed E-state index contributed by atoms with van der Waals surface area (Å²) in [5, 5.41) is 2.67. The maximum Gasteiger partial charge on any atom is 0.262 e. The van der Waals surface area contributed by atoms with E-state index in [0.29, 0.717) is 33.8 Å². The number of rotatable bonds is 3. The average Bonchev–Trinajstić information content (AvgIpc) is 3.07. The van der Waals surface area contributed by atoms with Gasteiger partial charge in [0.2, 0.25) is 5.91 Å². The van der Waals surface area contributed by atoms with E-state index in [-0.39, 0.29) is 6.54 Å². The van der Waals surface area contributed by atoms with E-state index >= 15 is 0 Å². The molecule has 4 rings (SSSR count). The second kappa shape index (κ2) is 5.55. The van der Waals surface area contributed by atoms with Crippen LogP contribution in [0.25, 0.3) is 11.1 Å². The Bertz CT molecular complexity index is 1000. The van der Waals surface area contributed by atoms with Crippen LogP contribution in [0.2, 0.25) is 0 Å². The first-order valence-electron chi connectivity index (χ1n) is 7.65. The predicted octanol–water partition coefficient (Wildman–Crippen LogP) is 2.37. The number of aryl methyl sites for hydroxylation is 1. The third kappa shape index (κ3) is 2.55. The molecule has 0 unspecified atom stereocenters. The summed E-state index contributed by atoms with van der Waals surface area (Å²) in [5.41, 5.74) is 2.38. The zero-order chi connectivity index (χ0) is 17.6. The first-order chi connectivity index (χ1) is 12.0. The summed E-state index contributed by atoms with van der Waals surface area (Å²) in [6.45, 7) is 1.39. The van der Waals surface area contributed by atoms with E-state index in [4.69, 9.17) is 4.42 Å². The Labute approximate surface area is 142 Å². The molecule has 1 aromatic heterocycles. The van der Waals surface area contributed by atoms with Gasteiger partial charge in [-0.2, -0.15) is 0 Å². The van der Waals surface area contributed by atoms with Crippen molar-refractivity contribution in [2.24, 2.45) is 0 Å². The molecule has 1 N–H and O–H groups in total. The number of hydrogen-bond acceptors (Lipinski definition) is 5. The second-order valence-corrected chi connectivity index (χ2v) is 5.71. The molecule has 1 aliphatic heterocycles. The van der Waals surface area contributed by atoms with Crippen LogP contribution in [-0.2, 0) is 4.79 Å². The summed E-state index contributed by atoms with van der Waals surface area (Å²) in [7, 11) is 0. The van der Waals surface area contributed by atoms with Gasteiger partial charge in [0.15, 0.2) is 11.5 Å². The van der Waals surface area contributed by atoms with Gasteiger partial charge in [0.25, 0.3) is 11.8 Å². The number of carbonyl (C=O) groups excluding carboxylic acids is 3. The van der Waals surface area contributed by atoms with Crippen molar-refractivity contribution in [1.82, 2.24) is 9.88 Å². The third-order valence-corrected chi connectivity index (χ3v) is 3.96. The lowest BCUT2D eigenvalue weighted by molar-refractivity contribution is -0.116. The fourth-order valence-corrected chi connectivity index (χ4v) is 2.84. The minimum atomic E-state index is -0.468. The van der Waals surface area contributed by atoms with Crippen molar-refractivity contribution in [3.05, 3.63) is 59.5 Å². The van der Waals surface area contributed by atoms with Gasteiger partial charge in [-0.3, -0.25) is 19.3 Å². The highest BCUT2D eigenvalue weighted by molar-refractivity contribution is 6.22. The van der Waals surface area contributed by atoms with Crippen molar-refractivity contribution in [1.29, 1.82) is 0 Å². The summed E-state index contributed by atoms with van der Waals surface area (Å²) in [4.78, 5) is 41.9. The molecule has 0 spiro atoms. The molecular weight excluding hydrogens is 322 g/mol. The predicted molar refractivity (Wildman–Crippen MR) is 89.2 cm³/mol. The van der Waals surface area contributed by atoms with Crippen LogP contribution < -0.4 is 5.32 Å². The SMILES string of the molecule is Cc1nc2ccc(NC(=O)CN3C(=O)c4ccccc4C3=O)cc2o1. The molecule has 3 aromatic rings. The maximum absolute atomic E-state index is 12.3. The number of amides is 3. The van der Waals surface area contributed by atoms with Gasteiger partial charge >= 0.3 is 0 Å². The number of carbonyl (C=O) groups is 3. The van der Waals surface area contributed by atoms with Crippen LogP contribution >= 0.6 is 0 Å². The van der Waals surface area contributed by atoms with E-state index in [2.05, 4.69) is 10.3 Å². The molecular formula is C18H13N3O4. The Morgan fingerprint density at radius 1 is 1.12 bits per heavy atom. The fraction of sp³-hybridized carbons (Fsp3) is 0.111. The van der Waals surface area contributed by atoms with Gasteiger partial charge in [-0.15, -0.1) is 0 Å². The zero-order valence-electron chi connectivity index (χ0n) is 13.3. The monoisotopic (exact) mass is 335 g/mol. The number of hydrogen-bond donors (Lipinski definition) is 1. The standard InChI is InChI=1S/C18H13N3O4/c1-10-19-14-7-6-11(8-15(14)25-10)20-16(22)9-21-17(23)12-4-2-3-5-13(12)18(21)24/h2-8H,9H2,1H3,(H,20,22). The lowest BCUT2D eigenvalue weighted by Crippen LogP contribution is -2.37. The minimum absolute atomic E-state index is 0.318. The highest BCUT2D eigenvalue weighted by atomic mass is 16.3. The summed E-state index contributed by atoms with van der Waals surface area (Å²) < 4.78 is 5.42. The topological polar surface area (TPSA) is 92.5 Å². The Hall–Kier alpha value is -3.48. The van der Waals surface area contributed by atoms with Gasteiger partial charge in [-0.05, 0) is 24.3 Å². The van der Waals surface area contributed by atoms with Crippen LogP contribution in [0.5, 0.6) is 0 Å². The van der Waals surface area contributed by atoms with E-state index < -0.39 is 17.7 Å². The van der Waals surface area contributed by atoms with Crippen LogP contribution in [0.4, 0.5) is 5.69 Å². The lowest BCUT2D eigenvalue weighted by Gasteiger charge is -2.13. The number of anilines is 1. The highest BCUT2D eigenvalue weighted by Crippen LogP contribution is 2.23. The quantitative estimate of drug-likeness (QED) is 0.742. The lowest BCUT2D eigenvalue weighted by atomic mass is 10.1. The van der Waals surface area contributed by atoms with Crippen molar-refractivity contribution >= 4 is 34.5 Å². The van der Waals surface area contributed by atoms with Crippen LogP contribution in [0.3, 0.4) is 0 Å². The summed E-state index contributed by atoms with van der Waals surface area (Å²) in [6.07, 6.45) is 0. The smallest absolute Gasteiger partial charge is 0.262 e. The maximum atomic E-state index is 12.3. The van der Waals surface area contributed by atoms with Crippen molar-refractivity contribution < 1.29 is 18.8 Å². The van der Waals surface area contributed by atoms with Crippen molar-refractivity contribution in [3.8, 4) is 0 Å². The van der Waals surface area contributed by atoms with Gasteiger partial charge in [-0.25, -0.2) is 4.98 Å². The molecule has 0 radical (unpaired) electrons. The van der Waals surface area contributed by atoms with E-state index in [1.54, 1.807) is 49.4 Å². The number of fused-ring (bicyclic) bond motifs is 2. The normalized spacial score (nSPS) is 13.4. The van der Waals surface area contributed by atoms with Gasteiger partial charge in [-0.1, -0.05) is 12.1 Å². The van der Waals surface area contributed by atoms with Crippen LogP contribution in [-0.4, -0.2) is 34.2 Å².